The predicted molar refractivity (Wildman–Crippen MR) is 250 cm³/mol. The van der Waals surface area contributed by atoms with Crippen molar-refractivity contribution in [1.82, 2.24) is 19.1 Å². The molecule has 0 amide bonds. The maximum absolute atomic E-state index is 11.3. The first-order valence-electron chi connectivity index (χ1n) is 20.6. The van der Waals surface area contributed by atoms with Gasteiger partial charge in [-0.2, -0.15) is 0 Å². The molecule has 3 heterocycles. The largest absolute Gasteiger partial charge is 0.507 e. The number of nitrogens with zero attached hydrogens (tertiary/aromatic N) is 4. The van der Waals surface area contributed by atoms with Crippen molar-refractivity contribution in [2.24, 2.45) is 5.92 Å². The van der Waals surface area contributed by atoms with Crippen molar-refractivity contribution in [3.05, 3.63) is 169 Å². The third-order valence-electron chi connectivity index (χ3n) is 11.6. The van der Waals surface area contributed by atoms with Crippen molar-refractivity contribution in [3.8, 4) is 50.9 Å². The van der Waals surface area contributed by atoms with E-state index in [-0.39, 0.29) is 5.75 Å². The van der Waals surface area contributed by atoms with Crippen LogP contribution >= 0.6 is 0 Å². The Balaban J connectivity index is 1.28. The quantitative estimate of drug-likeness (QED) is 0.156. The van der Waals surface area contributed by atoms with Crippen LogP contribution in [0.3, 0.4) is 0 Å². The van der Waals surface area contributed by atoms with Crippen LogP contribution in [0.5, 0.6) is 5.75 Å². The number of fused-ring (bicyclic) bond motifs is 5. The first kappa shape index (κ1) is 36.6. The molecule has 6 heteroatoms. The molecule has 0 aliphatic carbocycles. The van der Waals surface area contributed by atoms with E-state index in [4.69, 9.17) is 9.97 Å². The van der Waals surface area contributed by atoms with E-state index in [2.05, 4.69) is 182 Å². The maximum Gasteiger partial charge on any atom is 0.149 e. The highest BCUT2D eigenvalue weighted by Crippen LogP contribution is 2.41. The van der Waals surface area contributed by atoms with Gasteiger partial charge in [0.05, 0.1) is 47.1 Å². The summed E-state index contributed by atoms with van der Waals surface area (Å²) >= 11 is 0. The molecule has 7 aromatic carbocycles. The van der Waals surface area contributed by atoms with Gasteiger partial charge in [-0.3, -0.25) is 9.55 Å². The standard InChI is InChI=1S/C53H46N4OSi/c1-34(2)28-38-32-45(54-33-51(38)59(3,4)5)37-29-36(30-39(31-37)56-47-23-11-8-19-42(47)43-20-9-12-24-48(43)56)41-22-15-26-49-52(41)55-53(44-21-10-13-27-50(44)58)57(49)46-25-14-17-35-16-6-7-18-40(35)46/h6-27,29-34,58H,28H2,1-5H3. The molecule has 10 aromatic rings. The number of imidazole rings is 1. The zero-order valence-electron chi connectivity index (χ0n) is 34.1. The van der Waals surface area contributed by atoms with Crippen LogP contribution in [0.4, 0.5) is 0 Å². The van der Waals surface area contributed by atoms with E-state index >= 15 is 0 Å². The van der Waals surface area contributed by atoms with Gasteiger partial charge in [-0.25, -0.2) is 4.98 Å². The Hall–Kier alpha value is -6.76. The number of phenolic OH excluding ortho intramolecular Hbond substituents is 1. The minimum atomic E-state index is -1.65. The van der Waals surface area contributed by atoms with Crippen LogP contribution in [0.25, 0.3) is 88.8 Å². The fourth-order valence-electron chi connectivity index (χ4n) is 9.01. The summed E-state index contributed by atoms with van der Waals surface area (Å²) in [7, 11) is -1.65. The average Bonchev–Trinajstić information content (AvgIpc) is 3.79. The van der Waals surface area contributed by atoms with Crippen molar-refractivity contribution in [1.29, 1.82) is 0 Å². The van der Waals surface area contributed by atoms with Crippen LogP contribution in [-0.4, -0.2) is 32.3 Å². The molecular weight excluding hydrogens is 737 g/mol. The summed E-state index contributed by atoms with van der Waals surface area (Å²) in [6.45, 7) is 11.8. The lowest BCUT2D eigenvalue weighted by Gasteiger charge is -2.22. The molecule has 5 nitrogen and oxygen atoms in total. The highest BCUT2D eigenvalue weighted by molar-refractivity contribution is 6.89. The molecule has 0 fully saturated rings. The Labute approximate surface area is 345 Å². The number of para-hydroxylation sites is 4. The fraction of sp³-hybridized carbons (Fsp3) is 0.132. The first-order valence-corrected chi connectivity index (χ1v) is 24.1. The number of hydrogen-bond donors (Lipinski definition) is 1. The smallest absolute Gasteiger partial charge is 0.149 e. The summed E-state index contributed by atoms with van der Waals surface area (Å²) in [6, 6.07) is 55.4. The summed E-state index contributed by atoms with van der Waals surface area (Å²) in [4.78, 5) is 10.7. The van der Waals surface area contributed by atoms with Gasteiger partial charge in [-0.15, -0.1) is 0 Å². The van der Waals surface area contributed by atoms with Crippen molar-refractivity contribution in [2.45, 2.75) is 39.9 Å². The number of hydrogen-bond acceptors (Lipinski definition) is 3. The molecule has 0 saturated carbocycles. The number of phenols is 1. The van der Waals surface area contributed by atoms with Crippen LogP contribution in [0.1, 0.15) is 19.4 Å². The van der Waals surface area contributed by atoms with Crippen molar-refractivity contribution in [2.75, 3.05) is 0 Å². The van der Waals surface area contributed by atoms with Crippen LogP contribution < -0.4 is 5.19 Å². The lowest BCUT2D eigenvalue weighted by Crippen LogP contribution is -2.40. The summed E-state index contributed by atoms with van der Waals surface area (Å²) in [5.41, 5.74) is 12.3. The van der Waals surface area contributed by atoms with Crippen LogP contribution in [0, 0.1) is 5.92 Å². The normalized spacial score (nSPS) is 12.1. The Morgan fingerprint density at radius 2 is 1.20 bits per heavy atom. The Kier molecular flexibility index (Phi) is 8.84. The molecule has 59 heavy (non-hydrogen) atoms. The van der Waals surface area contributed by atoms with Gasteiger partial charge in [0, 0.05) is 39.2 Å². The summed E-state index contributed by atoms with van der Waals surface area (Å²) in [5, 5.41) is 17.4. The van der Waals surface area contributed by atoms with E-state index in [1.165, 1.54) is 21.5 Å². The molecule has 10 rings (SSSR count). The molecular formula is C53H46N4OSi. The third kappa shape index (κ3) is 6.32. The molecule has 0 unspecified atom stereocenters. The van der Waals surface area contributed by atoms with Gasteiger partial charge in [-0.05, 0) is 94.7 Å². The number of rotatable bonds is 8. The van der Waals surface area contributed by atoms with E-state index in [9.17, 15) is 5.11 Å². The van der Waals surface area contributed by atoms with Crippen molar-refractivity contribution in [3.63, 3.8) is 0 Å². The van der Waals surface area contributed by atoms with Crippen LogP contribution in [-0.2, 0) is 6.42 Å². The first-order chi connectivity index (χ1) is 28.6. The molecule has 0 aliphatic heterocycles. The second kappa shape index (κ2) is 14.3. The van der Waals surface area contributed by atoms with Gasteiger partial charge in [0.15, 0.2) is 0 Å². The van der Waals surface area contributed by atoms with Gasteiger partial charge in [0.2, 0.25) is 0 Å². The van der Waals surface area contributed by atoms with E-state index in [0.29, 0.717) is 17.3 Å². The van der Waals surface area contributed by atoms with Crippen molar-refractivity contribution >= 4 is 56.9 Å². The number of pyridine rings is 1. The fourth-order valence-corrected chi connectivity index (χ4v) is 10.6. The summed E-state index contributed by atoms with van der Waals surface area (Å²) in [6.07, 6.45) is 3.17. The second-order valence-electron chi connectivity index (χ2n) is 17.2. The van der Waals surface area contributed by atoms with Crippen molar-refractivity contribution < 1.29 is 5.11 Å². The van der Waals surface area contributed by atoms with E-state index < -0.39 is 8.07 Å². The molecule has 0 bridgehead atoms. The topological polar surface area (TPSA) is 55.9 Å². The van der Waals surface area contributed by atoms with Gasteiger partial charge in [0.1, 0.15) is 11.6 Å². The molecule has 288 valence electrons. The summed E-state index contributed by atoms with van der Waals surface area (Å²) in [5.74, 6) is 1.39. The highest BCUT2D eigenvalue weighted by Gasteiger charge is 2.24. The van der Waals surface area contributed by atoms with E-state index in [1.807, 2.05) is 18.2 Å². The van der Waals surface area contributed by atoms with Gasteiger partial charge >= 0.3 is 0 Å². The van der Waals surface area contributed by atoms with Gasteiger partial charge < -0.3 is 9.67 Å². The van der Waals surface area contributed by atoms with E-state index in [0.717, 1.165) is 73.0 Å². The Morgan fingerprint density at radius 3 is 1.93 bits per heavy atom. The molecule has 0 saturated heterocycles. The minimum Gasteiger partial charge on any atom is -0.507 e. The Morgan fingerprint density at radius 1 is 0.593 bits per heavy atom. The third-order valence-corrected chi connectivity index (χ3v) is 13.7. The highest BCUT2D eigenvalue weighted by atomic mass is 28.3. The molecule has 1 N–H and O–H groups in total. The molecule has 0 spiro atoms. The SMILES string of the molecule is CC(C)Cc1cc(-c2cc(-c3cccc4c3nc(-c3ccccc3O)n4-c3cccc4ccccc34)cc(-n3c4ccccc4c4ccccc43)c2)ncc1[Si](C)(C)C. The Bertz CT molecular complexity index is 3180. The number of aromatic hydroxyl groups is 1. The zero-order chi connectivity index (χ0) is 40.4. The lowest BCUT2D eigenvalue weighted by molar-refractivity contribution is 0.477. The lowest BCUT2D eigenvalue weighted by atomic mass is 9.97. The molecule has 0 aliphatic rings. The predicted octanol–water partition coefficient (Wildman–Crippen LogP) is 13.1. The molecule has 3 aromatic heterocycles. The van der Waals surface area contributed by atoms with E-state index in [1.54, 1.807) is 6.07 Å². The second-order valence-corrected chi connectivity index (χ2v) is 22.2. The molecule has 0 radical (unpaired) electrons. The zero-order valence-corrected chi connectivity index (χ0v) is 35.1. The monoisotopic (exact) mass is 782 g/mol. The number of aromatic nitrogens is 4. The molecule has 0 atom stereocenters. The average molecular weight is 783 g/mol. The summed E-state index contributed by atoms with van der Waals surface area (Å²) < 4.78 is 4.61. The minimum absolute atomic E-state index is 0.187. The maximum atomic E-state index is 11.3. The van der Waals surface area contributed by atoms with Gasteiger partial charge in [0.25, 0.3) is 0 Å². The number of benzene rings is 7. The van der Waals surface area contributed by atoms with Crippen LogP contribution in [0.2, 0.25) is 19.6 Å². The van der Waals surface area contributed by atoms with Crippen LogP contribution in [0.15, 0.2) is 164 Å². The van der Waals surface area contributed by atoms with Gasteiger partial charge in [-0.1, -0.05) is 131 Å².